The molecule has 1 aromatic rings. The summed E-state index contributed by atoms with van der Waals surface area (Å²) < 4.78 is 5.13. The molecule has 0 heterocycles. The molecule has 8 heteroatoms. The van der Waals surface area contributed by atoms with E-state index >= 15 is 0 Å². The molecule has 0 atom stereocenters. The third kappa shape index (κ3) is 2.32. The first-order chi connectivity index (χ1) is 6.97. The fraction of sp³-hybridized carbons (Fsp3) is 0.143. The number of non-ortho nitro benzene ring substituents is 1. The Balaban J connectivity index is 3.45. The molecule has 80 valence electrons. The second-order valence-corrected chi connectivity index (χ2v) is 3.66. The summed E-state index contributed by atoms with van der Waals surface area (Å²) in [5.74, 6) is 0.0335. The topological polar surface area (TPSA) is 95.5 Å². The Morgan fingerprint density at radius 1 is 1.27 bits per heavy atom. The Kier molecular flexibility index (Phi) is 3.39. The number of hydrogen-bond donors (Lipinski definition) is 0. The van der Waals surface area contributed by atoms with Crippen molar-refractivity contribution in [2.75, 3.05) is 7.11 Å². The lowest BCUT2D eigenvalue weighted by atomic mass is 10.2. The molecule has 1 aromatic carbocycles. The molecule has 0 N–H and O–H groups in total. The van der Waals surface area contributed by atoms with Gasteiger partial charge in [-0.3, -0.25) is 20.2 Å². The van der Waals surface area contributed by atoms with E-state index in [2.05, 4.69) is 0 Å². The molecule has 0 saturated heterocycles. The second-order valence-electron chi connectivity index (χ2n) is 2.49. The molecule has 1 rings (SSSR count). The van der Waals surface area contributed by atoms with Crippen LogP contribution in [0, 0.1) is 23.8 Å². The summed E-state index contributed by atoms with van der Waals surface area (Å²) in [7, 11) is 1.27. The normalized spacial score (nSPS) is 9.73. The Morgan fingerprint density at radius 2 is 1.87 bits per heavy atom. The summed E-state index contributed by atoms with van der Waals surface area (Å²) in [6.07, 6.45) is 0. The van der Waals surface area contributed by atoms with Gasteiger partial charge >= 0.3 is 5.69 Å². The van der Waals surface area contributed by atoms with Crippen LogP contribution in [0.2, 0.25) is 0 Å². The molecule has 0 aliphatic heterocycles. The summed E-state index contributed by atoms with van der Waals surface area (Å²) in [4.78, 5) is 19.7. The first-order valence-corrected chi connectivity index (χ1v) is 4.71. The van der Waals surface area contributed by atoms with Crippen LogP contribution in [-0.2, 0) is 0 Å². The minimum Gasteiger partial charge on any atom is -0.489 e. The van der Waals surface area contributed by atoms with Crippen molar-refractivity contribution in [3.8, 4) is 5.75 Å². The largest absolute Gasteiger partial charge is 0.489 e. The Morgan fingerprint density at radius 3 is 2.27 bits per heavy atom. The lowest BCUT2D eigenvalue weighted by Gasteiger charge is -2.03. The number of nitrogens with zero attached hydrogens (tertiary/aromatic N) is 2. The molecule has 7 nitrogen and oxygen atoms in total. The zero-order chi connectivity index (χ0) is 11.6. The van der Waals surface area contributed by atoms with Gasteiger partial charge in [-0.25, -0.2) is 0 Å². The SMILES string of the molecule is COc1c(I)cc([N+](=O)[O-])cc1[N+](=O)[O-]. The van der Waals surface area contributed by atoms with E-state index in [1.54, 1.807) is 22.6 Å². The predicted octanol–water partition coefficient (Wildman–Crippen LogP) is 2.12. The molecule has 15 heavy (non-hydrogen) atoms. The van der Waals surface area contributed by atoms with E-state index in [4.69, 9.17) is 4.74 Å². The van der Waals surface area contributed by atoms with Gasteiger partial charge in [0, 0.05) is 6.07 Å². The first-order valence-electron chi connectivity index (χ1n) is 3.63. The molecule has 0 aliphatic rings. The predicted molar refractivity (Wildman–Crippen MR) is 59.0 cm³/mol. The summed E-state index contributed by atoms with van der Waals surface area (Å²) in [5.41, 5.74) is -0.733. The number of rotatable bonds is 3. The van der Waals surface area contributed by atoms with Crippen molar-refractivity contribution >= 4 is 34.0 Å². The highest BCUT2D eigenvalue weighted by Gasteiger charge is 2.23. The minimum atomic E-state index is -0.714. The number of ether oxygens (including phenoxy) is 1. The van der Waals surface area contributed by atoms with Crippen molar-refractivity contribution in [2.45, 2.75) is 0 Å². The van der Waals surface area contributed by atoms with Gasteiger partial charge < -0.3 is 4.74 Å². The van der Waals surface area contributed by atoms with Crippen LogP contribution in [0.4, 0.5) is 11.4 Å². The maximum atomic E-state index is 10.6. The summed E-state index contributed by atoms with van der Waals surface area (Å²) >= 11 is 1.74. The van der Waals surface area contributed by atoms with Crippen LogP contribution in [0.5, 0.6) is 5.75 Å². The maximum Gasteiger partial charge on any atom is 0.318 e. The van der Waals surface area contributed by atoms with Crippen LogP contribution < -0.4 is 4.74 Å². The lowest BCUT2D eigenvalue weighted by Crippen LogP contribution is -1.98. The summed E-state index contributed by atoms with van der Waals surface area (Å²) in [6, 6.07) is 2.09. The van der Waals surface area contributed by atoms with E-state index in [-0.39, 0.29) is 11.4 Å². The zero-order valence-electron chi connectivity index (χ0n) is 7.47. The average Bonchev–Trinajstić information content (AvgIpc) is 2.16. The van der Waals surface area contributed by atoms with Gasteiger partial charge in [0.1, 0.15) is 0 Å². The van der Waals surface area contributed by atoms with Crippen molar-refractivity contribution in [3.63, 3.8) is 0 Å². The third-order valence-electron chi connectivity index (χ3n) is 1.62. The van der Waals surface area contributed by atoms with Gasteiger partial charge in [0.15, 0.2) is 0 Å². The Hall–Kier alpha value is -1.45. The van der Waals surface area contributed by atoms with E-state index in [9.17, 15) is 20.2 Å². The number of halogens is 1. The lowest BCUT2D eigenvalue weighted by molar-refractivity contribution is -0.394. The van der Waals surface area contributed by atoms with Crippen molar-refractivity contribution in [1.82, 2.24) is 0 Å². The van der Waals surface area contributed by atoms with Crippen LogP contribution in [-0.4, -0.2) is 17.0 Å². The van der Waals surface area contributed by atoms with Gasteiger partial charge in [-0.1, -0.05) is 0 Å². The van der Waals surface area contributed by atoms with Gasteiger partial charge in [-0.15, -0.1) is 0 Å². The fourth-order valence-electron chi connectivity index (χ4n) is 1.01. The molecule has 0 aliphatic carbocycles. The molecular weight excluding hydrogens is 319 g/mol. The van der Waals surface area contributed by atoms with Crippen LogP contribution >= 0.6 is 22.6 Å². The van der Waals surface area contributed by atoms with Gasteiger partial charge in [-0.05, 0) is 22.6 Å². The number of methoxy groups -OCH3 is 1. The molecule has 0 aromatic heterocycles. The van der Waals surface area contributed by atoms with E-state index in [1.807, 2.05) is 0 Å². The highest BCUT2D eigenvalue weighted by molar-refractivity contribution is 14.1. The van der Waals surface area contributed by atoms with Crippen molar-refractivity contribution in [3.05, 3.63) is 35.9 Å². The Labute approximate surface area is 97.5 Å². The van der Waals surface area contributed by atoms with Gasteiger partial charge in [-0.2, -0.15) is 0 Å². The van der Waals surface area contributed by atoms with Crippen LogP contribution in [0.15, 0.2) is 12.1 Å². The van der Waals surface area contributed by atoms with E-state index in [0.717, 1.165) is 6.07 Å². The van der Waals surface area contributed by atoms with Crippen LogP contribution in [0.25, 0.3) is 0 Å². The second kappa shape index (κ2) is 4.38. The highest BCUT2D eigenvalue weighted by Crippen LogP contribution is 2.35. The van der Waals surface area contributed by atoms with Gasteiger partial charge in [0.05, 0.1) is 26.6 Å². The monoisotopic (exact) mass is 324 g/mol. The minimum absolute atomic E-state index is 0.0335. The summed E-state index contributed by atoms with van der Waals surface area (Å²) in [5, 5.41) is 21.1. The highest BCUT2D eigenvalue weighted by atomic mass is 127. The van der Waals surface area contributed by atoms with Crippen molar-refractivity contribution in [1.29, 1.82) is 0 Å². The molecule has 0 radical (unpaired) electrons. The number of nitro benzene ring substituents is 2. The zero-order valence-corrected chi connectivity index (χ0v) is 9.63. The van der Waals surface area contributed by atoms with Crippen LogP contribution in [0.3, 0.4) is 0 Å². The van der Waals surface area contributed by atoms with Crippen molar-refractivity contribution in [2.24, 2.45) is 0 Å². The first kappa shape index (κ1) is 11.6. The quantitative estimate of drug-likeness (QED) is 0.482. The molecular formula is C7H5IN2O5. The third-order valence-corrected chi connectivity index (χ3v) is 2.42. The number of nitro groups is 2. The molecule has 0 amide bonds. The van der Waals surface area contributed by atoms with Crippen molar-refractivity contribution < 1.29 is 14.6 Å². The summed E-state index contributed by atoms with van der Waals surface area (Å²) in [6.45, 7) is 0. The standard InChI is InChI=1S/C7H5IN2O5/c1-15-7-5(8)2-4(9(11)12)3-6(7)10(13)14/h2-3H,1H3. The average molecular weight is 324 g/mol. The molecule has 0 saturated carbocycles. The van der Waals surface area contributed by atoms with Gasteiger partial charge in [0.25, 0.3) is 5.69 Å². The molecule has 0 bridgehead atoms. The smallest absolute Gasteiger partial charge is 0.318 e. The molecule has 0 spiro atoms. The molecule has 0 unspecified atom stereocenters. The fourth-order valence-corrected chi connectivity index (χ4v) is 1.82. The maximum absolute atomic E-state index is 10.6. The van der Waals surface area contributed by atoms with E-state index in [1.165, 1.54) is 13.2 Å². The van der Waals surface area contributed by atoms with Crippen LogP contribution in [0.1, 0.15) is 0 Å². The Bertz CT molecular complexity index is 434. The number of benzene rings is 1. The van der Waals surface area contributed by atoms with E-state index in [0.29, 0.717) is 3.57 Å². The number of hydrogen-bond acceptors (Lipinski definition) is 5. The van der Waals surface area contributed by atoms with E-state index < -0.39 is 15.5 Å². The van der Waals surface area contributed by atoms with Gasteiger partial charge in [0.2, 0.25) is 5.75 Å². The molecule has 0 fully saturated rings.